The summed E-state index contributed by atoms with van der Waals surface area (Å²) in [5.74, 6) is 1.28. The second kappa shape index (κ2) is 8.76. The van der Waals surface area contributed by atoms with Gasteiger partial charge in [-0.15, -0.1) is 11.8 Å². The molecule has 1 N–H and O–H groups in total. The molecule has 0 bridgehead atoms. The lowest BCUT2D eigenvalue weighted by molar-refractivity contribution is -0.129. The van der Waals surface area contributed by atoms with Crippen LogP contribution >= 0.6 is 11.8 Å². The monoisotopic (exact) mass is 370 g/mol. The molecular formula is C20H22N2O3S. The fraction of sp³-hybridized carbons (Fsp3) is 0.300. The molecule has 1 aliphatic rings. The highest BCUT2D eigenvalue weighted by Gasteiger charge is 2.20. The minimum absolute atomic E-state index is 0.0850. The molecule has 26 heavy (non-hydrogen) atoms. The standard InChI is InChI=1S/C20H22N2O3S/c1-25-18-8-6-17(7-9-18)21-19(23)13-26-14-20(24)22-11-10-15-4-2-3-5-16(15)12-22/h2-9H,10-14H2,1H3,(H,21,23). The molecule has 1 aliphatic heterocycles. The topological polar surface area (TPSA) is 58.6 Å². The number of nitrogens with one attached hydrogen (secondary N) is 1. The number of hydrogen-bond acceptors (Lipinski definition) is 4. The maximum atomic E-state index is 12.4. The number of benzene rings is 2. The van der Waals surface area contributed by atoms with Crippen LogP contribution in [0.15, 0.2) is 48.5 Å². The summed E-state index contributed by atoms with van der Waals surface area (Å²) in [7, 11) is 1.60. The Bertz CT molecular complexity index is 777. The minimum Gasteiger partial charge on any atom is -0.497 e. The van der Waals surface area contributed by atoms with E-state index in [9.17, 15) is 9.59 Å². The summed E-state index contributed by atoms with van der Waals surface area (Å²) in [6.45, 7) is 1.40. The molecule has 0 saturated carbocycles. The average molecular weight is 370 g/mol. The number of thioether (sulfide) groups is 1. The molecule has 0 radical (unpaired) electrons. The third-order valence-electron chi connectivity index (χ3n) is 4.32. The van der Waals surface area contributed by atoms with E-state index in [0.717, 1.165) is 24.4 Å². The largest absolute Gasteiger partial charge is 0.497 e. The Labute approximate surface area is 157 Å². The van der Waals surface area contributed by atoms with Crippen LogP contribution in [-0.2, 0) is 22.6 Å². The zero-order chi connectivity index (χ0) is 18.4. The van der Waals surface area contributed by atoms with Crippen LogP contribution in [0.4, 0.5) is 5.69 Å². The third kappa shape index (κ3) is 4.79. The molecule has 136 valence electrons. The second-order valence-corrected chi connectivity index (χ2v) is 7.09. The van der Waals surface area contributed by atoms with E-state index in [4.69, 9.17) is 4.74 Å². The summed E-state index contributed by atoms with van der Waals surface area (Å²) in [6, 6.07) is 15.4. The number of amides is 2. The Morgan fingerprint density at radius 3 is 2.54 bits per heavy atom. The van der Waals surface area contributed by atoms with E-state index in [1.165, 1.54) is 22.9 Å². The van der Waals surface area contributed by atoms with Crippen LogP contribution in [0.2, 0.25) is 0 Å². The summed E-state index contributed by atoms with van der Waals surface area (Å²) in [5, 5.41) is 2.82. The fourth-order valence-electron chi connectivity index (χ4n) is 2.90. The Kier molecular flexibility index (Phi) is 6.17. The van der Waals surface area contributed by atoms with Crippen molar-refractivity contribution < 1.29 is 14.3 Å². The lowest BCUT2D eigenvalue weighted by Crippen LogP contribution is -2.37. The first-order chi connectivity index (χ1) is 12.7. The van der Waals surface area contributed by atoms with Gasteiger partial charge in [0.25, 0.3) is 0 Å². The fourth-order valence-corrected chi connectivity index (χ4v) is 3.62. The van der Waals surface area contributed by atoms with Crippen molar-refractivity contribution in [3.8, 4) is 5.75 Å². The highest BCUT2D eigenvalue weighted by Crippen LogP contribution is 2.19. The highest BCUT2D eigenvalue weighted by molar-refractivity contribution is 8.00. The van der Waals surface area contributed by atoms with Gasteiger partial charge in [0, 0.05) is 18.8 Å². The number of nitrogens with zero attached hydrogens (tertiary/aromatic N) is 1. The number of hydrogen-bond donors (Lipinski definition) is 1. The average Bonchev–Trinajstić information content (AvgIpc) is 2.68. The van der Waals surface area contributed by atoms with Crippen LogP contribution in [0.3, 0.4) is 0 Å². The van der Waals surface area contributed by atoms with Crippen LogP contribution in [0.5, 0.6) is 5.75 Å². The predicted octanol–water partition coefficient (Wildman–Crippen LogP) is 2.95. The lowest BCUT2D eigenvalue weighted by Gasteiger charge is -2.28. The first-order valence-electron chi connectivity index (χ1n) is 8.52. The molecule has 1 heterocycles. The van der Waals surface area contributed by atoms with Crippen molar-refractivity contribution >= 4 is 29.3 Å². The van der Waals surface area contributed by atoms with Crippen LogP contribution in [0, 0.1) is 0 Å². The van der Waals surface area contributed by atoms with Crippen molar-refractivity contribution in [3.63, 3.8) is 0 Å². The molecule has 5 nitrogen and oxygen atoms in total. The molecule has 0 aromatic heterocycles. The van der Waals surface area contributed by atoms with Crippen molar-refractivity contribution in [1.29, 1.82) is 0 Å². The molecule has 2 amide bonds. The van der Waals surface area contributed by atoms with Crippen molar-refractivity contribution in [2.24, 2.45) is 0 Å². The molecule has 0 aliphatic carbocycles. The first-order valence-corrected chi connectivity index (χ1v) is 9.67. The van der Waals surface area contributed by atoms with E-state index < -0.39 is 0 Å². The summed E-state index contributed by atoms with van der Waals surface area (Å²) in [6.07, 6.45) is 0.893. The minimum atomic E-state index is -0.114. The molecule has 3 rings (SSSR count). The first kappa shape index (κ1) is 18.3. The van der Waals surface area contributed by atoms with Gasteiger partial charge in [-0.25, -0.2) is 0 Å². The summed E-state index contributed by atoms with van der Waals surface area (Å²) in [5.41, 5.74) is 3.26. The van der Waals surface area contributed by atoms with E-state index in [-0.39, 0.29) is 17.6 Å². The van der Waals surface area contributed by atoms with E-state index in [2.05, 4.69) is 17.4 Å². The maximum Gasteiger partial charge on any atom is 0.234 e. The number of rotatable bonds is 6. The van der Waals surface area contributed by atoms with E-state index >= 15 is 0 Å². The van der Waals surface area contributed by atoms with Crippen molar-refractivity contribution in [3.05, 3.63) is 59.7 Å². The lowest BCUT2D eigenvalue weighted by atomic mass is 10.00. The van der Waals surface area contributed by atoms with Gasteiger partial charge in [0.05, 0.1) is 18.6 Å². The number of carbonyl (C=O) groups excluding carboxylic acids is 2. The van der Waals surface area contributed by atoms with Crippen molar-refractivity contribution in [2.75, 3.05) is 30.5 Å². The molecule has 0 fully saturated rings. The number of ether oxygens (including phenoxy) is 1. The highest BCUT2D eigenvalue weighted by atomic mass is 32.2. The second-order valence-electron chi connectivity index (χ2n) is 6.10. The number of fused-ring (bicyclic) bond motifs is 1. The SMILES string of the molecule is COc1ccc(NC(=O)CSCC(=O)N2CCc3ccccc3C2)cc1. The van der Waals surface area contributed by atoms with E-state index in [1.807, 2.05) is 17.0 Å². The van der Waals surface area contributed by atoms with Crippen LogP contribution < -0.4 is 10.1 Å². The quantitative estimate of drug-likeness (QED) is 0.849. The Balaban J connectivity index is 1.41. The van der Waals surface area contributed by atoms with Crippen LogP contribution in [0.25, 0.3) is 0 Å². The van der Waals surface area contributed by atoms with E-state index in [0.29, 0.717) is 12.3 Å². The van der Waals surface area contributed by atoms with Gasteiger partial charge in [-0.2, -0.15) is 0 Å². The van der Waals surface area contributed by atoms with Crippen molar-refractivity contribution in [2.45, 2.75) is 13.0 Å². The van der Waals surface area contributed by atoms with Gasteiger partial charge in [0.15, 0.2) is 0 Å². The van der Waals surface area contributed by atoms with Gasteiger partial charge < -0.3 is 15.0 Å². The molecule has 0 atom stereocenters. The zero-order valence-corrected chi connectivity index (χ0v) is 15.6. The molecule has 2 aromatic rings. The maximum absolute atomic E-state index is 12.4. The van der Waals surface area contributed by atoms with Gasteiger partial charge >= 0.3 is 0 Å². The smallest absolute Gasteiger partial charge is 0.234 e. The number of anilines is 1. The molecule has 2 aromatic carbocycles. The van der Waals surface area contributed by atoms with Gasteiger partial charge in [-0.05, 0) is 41.8 Å². The molecule has 0 saturated heterocycles. The van der Waals surface area contributed by atoms with Crippen LogP contribution in [0.1, 0.15) is 11.1 Å². The molecule has 0 unspecified atom stereocenters. The zero-order valence-electron chi connectivity index (χ0n) is 14.7. The summed E-state index contributed by atoms with van der Waals surface area (Å²) in [4.78, 5) is 26.2. The Morgan fingerprint density at radius 2 is 1.81 bits per heavy atom. The van der Waals surface area contributed by atoms with Crippen molar-refractivity contribution in [1.82, 2.24) is 4.90 Å². The predicted molar refractivity (Wildman–Crippen MR) is 105 cm³/mol. The number of carbonyl (C=O) groups is 2. The van der Waals surface area contributed by atoms with Gasteiger partial charge in [0.2, 0.25) is 11.8 Å². The van der Waals surface area contributed by atoms with Crippen LogP contribution in [-0.4, -0.2) is 41.9 Å². The van der Waals surface area contributed by atoms with Gasteiger partial charge in [-0.1, -0.05) is 24.3 Å². The number of methoxy groups -OCH3 is 1. The summed E-state index contributed by atoms with van der Waals surface area (Å²) < 4.78 is 5.09. The molecular weight excluding hydrogens is 348 g/mol. The summed E-state index contributed by atoms with van der Waals surface area (Å²) >= 11 is 1.34. The molecule has 6 heteroatoms. The van der Waals surface area contributed by atoms with E-state index in [1.54, 1.807) is 31.4 Å². The Hall–Kier alpha value is -2.47. The normalized spacial score (nSPS) is 13.0. The molecule has 0 spiro atoms. The van der Waals surface area contributed by atoms with Gasteiger partial charge in [0.1, 0.15) is 5.75 Å². The third-order valence-corrected chi connectivity index (χ3v) is 5.23. The van der Waals surface area contributed by atoms with Gasteiger partial charge in [-0.3, -0.25) is 9.59 Å². The Morgan fingerprint density at radius 1 is 1.08 bits per heavy atom.